The van der Waals surface area contributed by atoms with E-state index in [1.165, 1.54) is 10.9 Å². The molecule has 0 aromatic carbocycles. The van der Waals surface area contributed by atoms with Crippen LogP contribution < -0.4 is 4.72 Å². The Hall–Kier alpha value is -1.10. The molecule has 0 spiro atoms. The lowest BCUT2D eigenvalue weighted by atomic mass is 9.97. The van der Waals surface area contributed by atoms with E-state index in [2.05, 4.69) is 9.71 Å². The number of aryl methyl sites for hydroxylation is 1. The average Bonchev–Trinajstić information content (AvgIpc) is 2.58. The molecule has 1 rings (SSSR count). The fourth-order valence-electron chi connectivity index (χ4n) is 0.957. The van der Waals surface area contributed by atoms with E-state index in [9.17, 15) is 8.42 Å². The van der Waals surface area contributed by atoms with Gasteiger partial charge in [-0.1, -0.05) is 11.6 Å². The van der Waals surface area contributed by atoms with Crippen LogP contribution in [0.1, 0.15) is 13.8 Å². The lowest BCUT2D eigenvalue weighted by Gasteiger charge is -2.15. The molecule has 1 heterocycles. The SMILES string of the molecule is Cn1cnc(S(=O)(=O)NCC(C)(C)C#N)c1Cl. The average molecular weight is 277 g/mol. The topological polar surface area (TPSA) is 87.8 Å². The summed E-state index contributed by atoms with van der Waals surface area (Å²) in [4.78, 5) is 3.71. The number of rotatable bonds is 4. The van der Waals surface area contributed by atoms with Gasteiger partial charge in [-0.05, 0) is 13.8 Å². The predicted octanol–water partition coefficient (Wildman–Crippen LogP) is 0.902. The summed E-state index contributed by atoms with van der Waals surface area (Å²) in [6.45, 7) is 3.27. The lowest BCUT2D eigenvalue weighted by molar-refractivity contribution is 0.478. The summed E-state index contributed by atoms with van der Waals surface area (Å²) in [5, 5.41) is 8.60. The maximum absolute atomic E-state index is 11.8. The highest BCUT2D eigenvalue weighted by atomic mass is 35.5. The van der Waals surface area contributed by atoms with Gasteiger partial charge in [-0.3, -0.25) is 0 Å². The van der Waals surface area contributed by atoms with Crippen molar-refractivity contribution >= 4 is 21.6 Å². The van der Waals surface area contributed by atoms with Crippen molar-refractivity contribution in [2.45, 2.75) is 18.9 Å². The fourth-order valence-corrected chi connectivity index (χ4v) is 2.59. The third-order valence-corrected chi connectivity index (χ3v) is 3.99. The molecule has 0 aliphatic rings. The summed E-state index contributed by atoms with van der Waals surface area (Å²) in [7, 11) is -2.19. The molecule has 94 valence electrons. The zero-order valence-corrected chi connectivity index (χ0v) is 11.3. The Morgan fingerprint density at radius 3 is 2.65 bits per heavy atom. The lowest BCUT2D eigenvalue weighted by Crippen LogP contribution is -2.33. The highest BCUT2D eigenvalue weighted by Crippen LogP contribution is 2.19. The van der Waals surface area contributed by atoms with Gasteiger partial charge >= 0.3 is 0 Å². The van der Waals surface area contributed by atoms with Gasteiger partial charge in [0.15, 0.2) is 0 Å². The maximum Gasteiger partial charge on any atom is 0.261 e. The molecule has 8 heteroatoms. The number of hydrogen-bond donors (Lipinski definition) is 1. The van der Waals surface area contributed by atoms with Gasteiger partial charge in [-0.15, -0.1) is 0 Å². The summed E-state index contributed by atoms with van der Waals surface area (Å²) in [5.74, 6) is 0. The molecule has 17 heavy (non-hydrogen) atoms. The van der Waals surface area contributed by atoms with Crippen LogP contribution in [0.25, 0.3) is 0 Å². The van der Waals surface area contributed by atoms with Crippen molar-refractivity contribution in [3.05, 3.63) is 11.5 Å². The number of nitriles is 1. The van der Waals surface area contributed by atoms with E-state index in [0.717, 1.165) is 0 Å². The summed E-state index contributed by atoms with van der Waals surface area (Å²) in [6, 6.07) is 2.00. The van der Waals surface area contributed by atoms with Gasteiger partial charge in [0.05, 0.1) is 17.8 Å². The van der Waals surface area contributed by atoms with Crippen molar-refractivity contribution in [2.75, 3.05) is 6.54 Å². The molecule has 0 saturated carbocycles. The van der Waals surface area contributed by atoms with Crippen LogP contribution in [0.3, 0.4) is 0 Å². The zero-order valence-electron chi connectivity index (χ0n) is 9.73. The number of hydrogen-bond acceptors (Lipinski definition) is 4. The highest BCUT2D eigenvalue weighted by Gasteiger charge is 2.25. The molecule has 0 amide bonds. The highest BCUT2D eigenvalue weighted by molar-refractivity contribution is 7.89. The van der Waals surface area contributed by atoms with E-state index in [4.69, 9.17) is 16.9 Å². The van der Waals surface area contributed by atoms with Crippen molar-refractivity contribution in [1.82, 2.24) is 14.3 Å². The minimum absolute atomic E-state index is 0.00125. The van der Waals surface area contributed by atoms with Crippen LogP contribution in [0.2, 0.25) is 5.15 Å². The van der Waals surface area contributed by atoms with Gasteiger partial charge in [-0.25, -0.2) is 18.1 Å². The van der Waals surface area contributed by atoms with Crippen LogP contribution in [0.4, 0.5) is 0 Å². The summed E-state index contributed by atoms with van der Waals surface area (Å²) >= 11 is 5.79. The van der Waals surface area contributed by atoms with Crippen molar-refractivity contribution in [1.29, 1.82) is 5.26 Å². The standard InChI is InChI=1S/C9H13ClN4O2S/c1-9(2,4-11)5-13-17(15,16)8-7(10)14(3)6-12-8/h6,13H,5H2,1-3H3. The molecule has 0 fully saturated rings. The fraction of sp³-hybridized carbons (Fsp3) is 0.556. The van der Waals surface area contributed by atoms with Crippen molar-refractivity contribution in [3.8, 4) is 6.07 Å². The molecule has 0 radical (unpaired) electrons. The van der Waals surface area contributed by atoms with Gasteiger partial charge < -0.3 is 4.57 Å². The molecule has 0 aliphatic heterocycles. The molecule has 0 atom stereocenters. The first-order valence-corrected chi connectivity index (χ1v) is 6.63. The Labute approximate surface area is 105 Å². The first kappa shape index (κ1) is 14.0. The largest absolute Gasteiger partial charge is 0.324 e. The van der Waals surface area contributed by atoms with E-state index in [0.29, 0.717) is 0 Å². The molecule has 1 aromatic heterocycles. The Morgan fingerprint density at radius 2 is 2.24 bits per heavy atom. The van der Waals surface area contributed by atoms with Crippen molar-refractivity contribution in [3.63, 3.8) is 0 Å². The van der Waals surface area contributed by atoms with E-state index in [1.807, 2.05) is 6.07 Å². The first-order chi connectivity index (χ1) is 7.69. The zero-order chi connectivity index (χ0) is 13.3. The number of sulfonamides is 1. The van der Waals surface area contributed by atoms with Gasteiger partial charge in [0.2, 0.25) is 5.03 Å². The van der Waals surface area contributed by atoms with Gasteiger partial charge in [0.25, 0.3) is 10.0 Å². The second-order valence-electron chi connectivity index (χ2n) is 4.27. The van der Waals surface area contributed by atoms with Gasteiger partial charge in [0, 0.05) is 13.6 Å². The number of aromatic nitrogens is 2. The molecular weight excluding hydrogens is 264 g/mol. The van der Waals surface area contributed by atoms with Gasteiger partial charge in [-0.2, -0.15) is 5.26 Å². The van der Waals surface area contributed by atoms with E-state index in [1.54, 1.807) is 20.9 Å². The molecular formula is C9H13ClN4O2S. The van der Waals surface area contributed by atoms with E-state index < -0.39 is 15.4 Å². The van der Waals surface area contributed by atoms with E-state index in [-0.39, 0.29) is 16.7 Å². The second kappa shape index (κ2) is 4.64. The molecule has 0 bridgehead atoms. The molecule has 6 nitrogen and oxygen atoms in total. The normalized spacial score (nSPS) is 12.4. The van der Waals surface area contributed by atoms with Crippen molar-refractivity contribution < 1.29 is 8.42 Å². The summed E-state index contributed by atoms with van der Waals surface area (Å²) < 4.78 is 27.4. The Balaban J connectivity index is 2.92. The minimum atomic E-state index is -3.78. The second-order valence-corrected chi connectivity index (χ2v) is 6.31. The van der Waals surface area contributed by atoms with Crippen LogP contribution in [-0.2, 0) is 17.1 Å². The quantitative estimate of drug-likeness (QED) is 0.885. The molecule has 1 aromatic rings. The summed E-state index contributed by atoms with van der Waals surface area (Å²) in [6.07, 6.45) is 1.31. The van der Waals surface area contributed by atoms with Gasteiger partial charge in [0.1, 0.15) is 5.15 Å². The Morgan fingerprint density at radius 1 is 1.65 bits per heavy atom. The van der Waals surface area contributed by atoms with Crippen LogP contribution in [0, 0.1) is 16.7 Å². The molecule has 1 N–H and O–H groups in total. The molecule has 0 aliphatic carbocycles. The van der Waals surface area contributed by atoms with Crippen LogP contribution in [0.5, 0.6) is 0 Å². The summed E-state index contributed by atoms with van der Waals surface area (Å²) in [5.41, 5.74) is -0.783. The minimum Gasteiger partial charge on any atom is -0.324 e. The molecule has 0 unspecified atom stereocenters. The number of nitrogens with one attached hydrogen (secondary N) is 1. The first-order valence-electron chi connectivity index (χ1n) is 4.77. The Bertz CT molecular complexity index is 556. The number of imidazole rings is 1. The third kappa shape index (κ3) is 3.19. The van der Waals surface area contributed by atoms with Crippen LogP contribution >= 0.6 is 11.6 Å². The monoisotopic (exact) mass is 276 g/mol. The Kier molecular flexibility index (Phi) is 3.81. The van der Waals surface area contributed by atoms with Crippen LogP contribution in [-0.4, -0.2) is 24.5 Å². The predicted molar refractivity (Wildman–Crippen MR) is 62.8 cm³/mol. The molecule has 0 saturated heterocycles. The maximum atomic E-state index is 11.8. The third-order valence-electron chi connectivity index (χ3n) is 2.10. The number of nitrogens with zero attached hydrogens (tertiary/aromatic N) is 3. The van der Waals surface area contributed by atoms with E-state index >= 15 is 0 Å². The van der Waals surface area contributed by atoms with Crippen LogP contribution in [0.15, 0.2) is 11.4 Å². The smallest absolute Gasteiger partial charge is 0.261 e. The number of halogens is 1. The van der Waals surface area contributed by atoms with Crippen molar-refractivity contribution in [2.24, 2.45) is 12.5 Å².